The molecule has 2 N–H and O–H groups in total. The van der Waals surface area contributed by atoms with Gasteiger partial charge in [0.1, 0.15) is 11.5 Å². The second kappa shape index (κ2) is 10.9. The third-order valence-corrected chi connectivity index (χ3v) is 5.78. The Morgan fingerprint density at radius 2 is 1.83 bits per heavy atom. The monoisotopic (exact) mass is 490 g/mol. The van der Waals surface area contributed by atoms with Gasteiger partial charge in [-0.05, 0) is 56.5 Å². The molecular weight excluding hydrogens is 464 g/mol. The summed E-state index contributed by atoms with van der Waals surface area (Å²) in [6.45, 7) is 4.26. The lowest BCUT2D eigenvalue weighted by molar-refractivity contribution is -0.384. The number of anilines is 1. The van der Waals surface area contributed by atoms with Gasteiger partial charge in [-0.25, -0.2) is 5.43 Å². The van der Waals surface area contributed by atoms with Gasteiger partial charge in [-0.15, -0.1) is 0 Å². The highest BCUT2D eigenvalue weighted by Gasteiger charge is 2.28. The number of hydrogen-bond donors (Lipinski definition) is 2. The largest absolute Gasteiger partial charge is 0.494 e. The molecule has 0 bridgehead atoms. The third kappa shape index (κ3) is 5.60. The highest BCUT2D eigenvalue weighted by Crippen LogP contribution is 2.30. The van der Waals surface area contributed by atoms with Crippen LogP contribution in [0.2, 0.25) is 0 Å². The van der Waals surface area contributed by atoms with Crippen LogP contribution in [-0.2, 0) is 17.6 Å². The minimum Gasteiger partial charge on any atom is -0.494 e. The SMILES string of the molecule is CCOc1ccc(NC(=O)c2oc3c(c2C)/C(=N/NC(=O)Cc2ccc([N+](=O)[O-])cc2)CCC3)cc1. The number of hydrogen-bond acceptors (Lipinski definition) is 7. The fourth-order valence-electron chi connectivity index (χ4n) is 4.08. The first kappa shape index (κ1) is 24.6. The number of nitro groups is 1. The molecule has 0 saturated carbocycles. The first-order chi connectivity index (χ1) is 17.4. The quantitative estimate of drug-likeness (QED) is 0.351. The van der Waals surface area contributed by atoms with Gasteiger partial charge in [0.25, 0.3) is 11.6 Å². The lowest BCUT2D eigenvalue weighted by atomic mass is 9.93. The number of carbonyl (C=O) groups is 2. The Morgan fingerprint density at radius 1 is 1.11 bits per heavy atom. The van der Waals surface area contributed by atoms with Crippen molar-refractivity contribution < 1.29 is 23.7 Å². The Balaban J connectivity index is 1.45. The number of non-ortho nitro benzene ring substituents is 1. The first-order valence-electron chi connectivity index (χ1n) is 11.6. The molecule has 3 aromatic rings. The number of aryl methyl sites for hydroxylation is 1. The molecule has 1 heterocycles. The van der Waals surface area contributed by atoms with Gasteiger partial charge < -0.3 is 14.5 Å². The normalized spacial score (nSPS) is 13.7. The van der Waals surface area contributed by atoms with Gasteiger partial charge in [0.2, 0.25) is 5.91 Å². The number of rotatable bonds is 8. The van der Waals surface area contributed by atoms with Crippen LogP contribution in [0.3, 0.4) is 0 Å². The van der Waals surface area contributed by atoms with E-state index in [0.29, 0.717) is 47.7 Å². The van der Waals surface area contributed by atoms with Crippen molar-refractivity contribution in [3.05, 3.63) is 86.9 Å². The van der Waals surface area contributed by atoms with Crippen LogP contribution in [-0.4, -0.2) is 29.1 Å². The number of ether oxygens (including phenoxy) is 1. The van der Waals surface area contributed by atoms with Crippen molar-refractivity contribution in [2.45, 2.75) is 39.5 Å². The number of carbonyl (C=O) groups excluding carboxylic acids is 2. The molecule has 0 atom stereocenters. The molecule has 36 heavy (non-hydrogen) atoms. The molecule has 0 saturated heterocycles. The van der Waals surface area contributed by atoms with Gasteiger partial charge in [-0.1, -0.05) is 12.1 Å². The lowest BCUT2D eigenvalue weighted by Gasteiger charge is -2.13. The summed E-state index contributed by atoms with van der Waals surface area (Å²) in [7, 11) is 0. The topological polar surface area (TPSA) is 136 Å². The summed E-state index contributed by atoms with van der Waals surface area (Å²) in [6.07, 6.45) is 2.10. The van der Waals surface area contributed by atoms with Gasteiger partial charge in [0, 0.05) is 35.4 Å². The Kier molecular flexibility index (Phi) is 7.43. The summed E-state index contributed by atoms with van der Waals surface area (Å²) >= 11 is 0. The van der Waals surface area contributed by atoms with E-state index in [1.807, 2.05) is 6.92 Å². The standard InChI is InChI=1S/C26H26N4O6/c1-3-35-20-13-9-18(10-14-20)27-26(32)25-16(2)24-21(5-4-6-22(24)36-25)28-29-23(31)15-17-7-11-19(12-8-17)30(33)34/h7-14H,3-6,15H2,1-2H3,(H,27,32)(H,29,31)/b28-21+. The van der Waals surface area contributed by atoms with Crippen molar-refractivity contribution in [1.29, 1.82) is 0 Å². The Labute approximate surface area is 207 Å². The number of benzene rings is 2. The van der Waals surface area contributed by atoms with E-state index in [-0.39, 0.29) is 29.7 Å². The second-order valence-corrected chi connectivity index (χ2v) is 8.31. The van der Waals surface area contributed by atoms with Crippen molar-refractivity contribution >= 4 is 28.9 Å². The number of nitrogens with one attached hydrogen (secondary N) is 2. The zero-order valence-electron chi connectivity index (χ0n) is 20.0. The number of furan rings is 1. The van der Waals surface area contributed by atoms with E-state index in [0.717, 1.165) is 17.7 Å². The van der Waals surface area contributed by atoms with Gasteiger partial charge >= 0.3 is 0 Å². The van der Waals surface area contributed by atoms with Crippen LogP contribution in [0.4, 0.5) is 11.4 Å². The summed E-state index contributed by atoms with van der Waals surface area (Å²) in [5, 5.41) is 17.9. The van der Waals surface area contributed by atoms with Crippen molar-refractivity contribution in [3.8, 4) is 5.75 Å². The predicted octanol–water partition coefficient (Wildman–Crippen LogP) is 4.55. The van der Waals surface area contributed by atoms with E-state index in [1.54, 1.807) is 43.3 Å². The van der Waals surface area contributed by atoms with E-state index in [4.69, 9.17) is 9.15 Å². The summed E-state index contributed by atoms with van der Waals surface area (Å²) in [6, 6.07) is 12.9. The molecule has 0 spiro atoms. The number of nitro benzene ring substituents is 1. The summed E-state index contributed by atoms with van der Waals surface area (Å²) in [5.74, 6) is 0.877. The summed E-state index contributed by atoms with van der Waals surface area (Å²) in [5.41, 5.74) is 5.83. The molecule has 10 heteroatoms. The molecule has 10 nitrogen and oxygen atoms in total. The van der Waals surface area contributed by atoms with Crippen LogP contribution in [0.15, 0.2) is 58.0 Å². The Bertz CT molecular complexity index is 1310. The smallest absolute Gasteiger partial charge is 0.291 e. The molecule has 0 unspecified atom stereocenters. The van der Waals surface area contributed by atoms with Crippen molar-refractivity contribution in [2.75, 3.05) is 11.9 Å². The van der Waals surface area contributed by atoms with Crippen LogP contribution < -0.4 is 15.5 Å². The Morgan fingerprint density at radius 3 is 2.50 bits per heavy atom. The fraction of sp³-hybridized carbons (Fsp3) is 0.269. The van der Waals surface area contributed by atoms with E-state index in [2.05, 4.69) is 15.8 Å². The number of nitrogens with zero attached hydrogens (tertiary/aromatic N) is 2. The molecule has 0 aliphatic heterocycles. The van der Waals surface area contributed by atoms with E-state index in [9.17, 15) is 19.7 Å². The molecule has 1 aliphatic rings. The molecule has 4 rings (SSSR count). The minimum atomic E-state index is -0.490. The molecule has 1 aliphatic carbocycles. The number of fused-ring (bicyclic) bond motifs is 1. The highest BCUT2D eigenvalue weighted by molar-refractivity contribution is 6.09. The van der Waals surface area contributed by atoms with Crippen LogP contribution in [0.5, 0.6) is 5.75 Å². The zero-order valence-corrected chi connectivity index (χ0v) is 20.0. The maximum Gasteiger partial charge on any atom is 0.291 e. The van der Waals surface area contributed by atoms with Gasteiger partial charge in [-0.2, -0.15) is 5.10 Å². The molecule has 186 valence electrons. The molecule has 2 amide bonds. The van der Waals surface area contributed by atoms with Crippen LogP contribution in [0.25, 0.3) is 0 Å². The van der Waals surface area contributed by atoms with Crippen LogP contribution in [0, 0.1) is 17.0 Å². The zero-order chi connectivity index (χ0) is 25.7. The molecular formula is C26H26N4O6. The van der Waals surface area contributed by atoms with Crippen molar-refractivity contribution in [1.82, 2.24) is 5.43 Å². The fourth-order valence-corrected chi connectivity index (χ4v) is 4.08. The highest BCUT2D eigenvalue weighted by atomic mass is 16.6. The second-order valence-electron chi connectivity index (χ2n) is 8.31. The van der Waals surface area contributed by atoms with E-state index >= 15 is 0 Å². The summed E-state index contributed by atoms with van der Waals surface area (Å²) in [4.78, 5) is 35.6. The average molecular weight is 491 g/mol. The van der Waals surface area contributed by atoms with Crippen molar-refractivity contribution in [2.24, 2.45) is 5.10 Å². The molecule has 0 radical (unpaired) electrons. The maximum atomic E-state index is 12.9. The van der Waals surface area contributed by atoms with Crippen LogP contribution in [0.1, 0.15) is 52.8 Å². The maximum absolute atomic E-state index is 12.9. The number of hydrazone groups is 1. The van der Waals surface area contributed by atoms with Crippen LogP contribution >= 0.6 is 0 Å². The molecule has 2 aromatic carbocycles. The number of amides is 2. The third-order valence-electron chi connectivity index (χ3n) is 5.78. The first-order valence-corrected chi connectivity index (χ1v) is 11.6. The van der Waals surface area contributed by atoms with Gasteiger partial charge in [-0.3, -0.25) is 19.7 Å². The molecule has 1 aromatic heterocycles. The lowest BCUT2D eigenvalue weighted by Crippen LogP contribution is -2.23. The average Bonchev–Trinajstić information content (AvgIpc) is 3.21. The minimum absolute atomic E-state index is 0.0295. The van der Waals surface area contributed by atoms with E-state index in [1.165, 1.54) is 12.1 Å². The van der Waals surface area contributed by atoms with Gasteiger partial charge in [0.15, 0.2) is 5.76 Å². The van der Waals surface area contributed by atoms with E-state index < -0.39 is 4.92 Å². The van der Waals surface area contributed by atoms with Crippen molar-refractivity contribution in [3.63, 3.8) is 0 Å². The predicted molar refractivity (Wildman–Crippen MR) is 133 cm³/mol. The Hall–Kier alpha value is -4.47. The molecule has 0 fully saturated rings. The summed E-state index contributed by atoms with van der Waals surface area (Å²) < 4.78 is 11.3. The van der Waals surface area contributed by atoms with Gasteiger partial charge in [0.05, 0.1) is 23.7 Å².